The third kappa shape index (κ3) is 4.65. The molecule has 0 spiro atoms. The predicted molar refractivity (Wildman–Crippen MR) is 86.3 cm³/mol. The first-order chi connectivity index (χ1) is 11.3. The van der Waals surface area contributed by atoms with Crippen LogP contribution in [0.15, 0.2) is 42.5 Å². The summed E-state index contributed by atoms with van der Waals surface area (Å²) < 4.78 is 42.6. The average Bonchev–Trinajstić information content (AvgIpc) is 2.53. The molecule has 0 radical (unpaired) electrons. The molecule has 24 heavy (non-hydrogen) atoms. The Kier molecular flexibility index (Phi) is 5.33. The lowest BCUT2D eigenvalue weighted by Crippen LogP contribution is -2.22. The zero-order chi connectivity index (χ0) is 17.7. The van der Waals surface area contributed by atoms with Crippen molar-refractivity contribution >= 4 is 17.3 Å². The Morgan fingerprint density at radius 3 is 2.38 bits per heavy atom. The monoisotopic (exact) mass is 338 g/mol. The quantitative estimate of drug-likeness (QED) is 0.864. The Bertz CT molecular complexity index is 713. The van der Waals surface area contributed by atoms with Crippen LogP contribution in [0.5, 0.6) is 5.75 Å². The molecule has 2 N–H and O–H groups in total. The van der Waals surface area contributed by atoms with Gasteiger partial charge in [0.1, 0.15) is 5.75 Å². The number of anilines is 2. The van der Waals surface area contributed by atoms with E-state index in [0.29, 0.717) is 17.1 Å². The highest BCUT2D eigenvalue weighted by atomic mass is 19.4. The minimum Gasteiger partial charge on any atom is -0.495 e. The standard InChI is InChI=1S/C17H17F3N2O2/c1-11-3-8-15(24-2)14(9-11)22-16(23)10-21-13-6-4-12(5-7-13)17(18,19)20/h3-9,21H,10H2,1-2H3,(H,22,23). The molecule has 1 amide bonds. The maximum Gasteiger partial charge on any atom is 0.416 e. The highest BCUT2D eigenvalue weighted by molar-refractivity contribution is 5.95. The minimum atomic E-state index is -4.38. The molecule has 2 aromatic rings. The number of aryl methyl sites for hydroxylation is 1. The van der Waals surface area contributed by atoms with Gasteiger partial charge in [0.25, 0.3) is 0 Å². The molecular weight excluding hydrogens is 321 g/mol. The summed E-state index contributed by atoms with van der Waals surface area (Å²) >= 11 is 0. The van der Waals surface area contributed by atoms with Crippen LogP contribution in [0, 0.1) is 6.92 Å². The number of rotatable bonds is 5. The summed E-state index contributed by atoms with van der Waals surface area (Å²) in [6.45, 7) is 1.80. The van der Waals surface area contributed by atoms with Crippen molar-refractivity contribution < 1.29 is 22.7 Å². The first kappa shape index (κ1) is 17.7. The molecule has 0 fully saturated rings. The Morgan fingerprint density at radius 2 is 1.79 bits per heavy atom. The molecule has 0 heterocycles. The number of methoxy groups -OCH3 is 1. The first-order valence-electron chi connectivity index (χ1n) is 7.15. The molecule has 2 rings (SSSR count). The molecule has 2 aromatic carbocycles. The first-order valence-corrected chi connectivity index (χ1v) is 7.15. The molecule has 0 unspecified atom stereocenters. The van der Waals surface area contributed by atoms with Gasteiger partial charge < -0.3 is 15.4 Å². The van der Waals surface area contributed by atoms with E-state index in [1.165, 1.54) is 19.2 Å². The molecule has 0 saturated carbocycles. The molecule has 0 bridgehead atoms. The fourth-order valence-corrected chi connectivity index (χ4v) is 2.07. The minimum absolute atomic E-state index is 0.0809. The molecule has 0 aliphatic carbocycles. The summed E-state index contributed by atoms with van der Waals surface area (Å²) in [6.07, 6.45) is -4.38. The van der Waals surface area contributed by atoms with Gasteiger partial charge in [-0.2, -0.15) is 13.2 Å². The van der Waals surface area contributed by atoms with Gasteiger partial charge in [-0.15, -0.1) is 0 Å². The summed E-state index contributed by atoms with van der Waals surface area (Å²) in [4.78, 5) is 12.0. The lowest BCUT2D eigenvalue weighted by atomic mass is 10.2. The predicted octanol–water partition coefficient (Wildman–Crippen LogP) is 4.07. The lowest BCUT2D eigenvalue weighted by molar-refractivity contribution is -0.137. The maximum absolute atomic E-state index is 12.5. The fourth-order valence-electron chi connectivity index (χ4n) is 2.07. The van der Waals surface area contributed by atoms with Crippen LogP contribution in [-0.4, -0.2) is 19.6 Å². The molecule has 4 nitrogen and oxygen atoms in total. The number of halogens is 3. The van der Waals surface area contributed by atoms with Crippen molar-refractivity contribution in [2.75, 3.05) is 24.3 Å². The van der Waals surface area contributed by atoms with Gasteiger partial charge in [-0.3, -0.25) is 4.79 Å². The second-order valence-electron chi connectivity index (χ2n) is 5.18. The summed E-state index contributed by atoms with van der Waals surface area (Å²) in [7, 11) is 1.50. The van der Waals surface area contributed by atoms with Crippen LogP contribution in [0.4, 0.5) is 24.5 Å². The van der Waals surface area contributed by atoms with Crippen LogP contribution < -0.4 is 15.4 Å². The molecule has 128 valence electrons. The van der Waals surface area contributed by atoms with Crippen LogP contribution >= 0.6 is 0 Å². The number of hydrogen-bond acceptors (Lipinski definition) is 3. The SMILES string of the molecule is COc1ccc(C)cc1NC(=O)CNc1ccc(C(F)(F)F)cc1. The number of carbonyl (C=O) groups is 1. The van der Waals surface area contributed by atoms with E-state index < -0.39 is 11.7 Å². The van der Waals surface area contributed by atoms with Crippen LogP contribution in [0.3, 0.4) is 0 Å². The summed E-state index contributed by atoms with van der Waals surface area (Å²) in [5.74, 6) is 0.197. The van der Waals surface area contributed by atoms with Crippen LogP contribution in [0.2, 0.25) is 0 Å². The van der Waals surface area contributed by atoms with Crippen molar-refractivity contribution in [1.82, 2.24) is 0 Å². The van der Waals surface area contributed by atoms with Gasteiger partial charge in [-0.1, -0.05) is 6.07 Å². The summed E-state index contributed by atoms with van der Waals surface area (Å²) in [5.41, 5.74) is 1.19. The smallest absolute Gasteiger partial charge is 0.416 e. The summed E-state index contributed by atoms with van der Waals surface area (Å²) in [5, 5.41) is 5.48. The van der Waals surface area contributed by atoms with Crippen molar-refractivity contribution in [3.8, 4) is 5.75 Å². The van der Waals surface area contributed by atoms with Crippen LogP contribution in [-0.2, 0) is 11.0 Å². The molecule has 0 aliphatic rings. The molecule has 0 aliphatic heterocycles. The zero-order valence-electron chi connectivity index (χ0n) is 13.2. The average molecular weight is 338 g/mol. The Morgan fingerprint density at radius 1 is 1.12 bits per heavy atom. The van der Waals surface area contributed by atoms with Gasteiger partial charge in [0.2, 0.25) is 5.91 Å². The Balaban J connectivity index is 1.95. The molecule has 0 aromatic heterocycles. The van der Waals surface area contributed by atoms with Gasteiger partial charge in [-0.05, 0) is 48.9 Å². The second-order valence-corrected chi connectivity index (χ2v) is 5.18. The highest BCUT2D eigenvalue weighted by Gasteiger charge is 2.29. The van der Waals surface area contributed by atoms with Crippen LogP contribution in [0.1, 0.15) is 11.1 Å². The van der Waals surface area contributed by atoms with E-state index in [9.17, 15) is 18.0 Å². The number of benzene rings is 2. The van der Waals surface area contributed by atoms with E-state index in [1.54, 1.807) is 12.1 Å². The number of hydrogen-bond donors (Lipinski definition) is 2. The van der Waals surface area contributed by atoms with Crippen molar-refractivity contribution in [2.45, 2.75) is 13.1 Å². The van der Waals surface area contributed by atoms with E-state index in [-0.39, 0.29) is 12.5 Å². The van der Waals surface area contributed by atoms with Crippen molar-refractivity contribution in [1.29, 1.82) is 0 Å². The number of ether oxygens (including phenoxy) is 1. The Labute approximate surface area is 137 Å². The Hall–Kier alpha value is -2.70. The largest absolute Gasteiger partial charge is 0.495 e. The summed E-state index contributed by atoms with van der Waals surface area (Å²) in [6, 6.07) is 9.86. The number of alkyl halides is 3. The fraction of sp³-hybridized carbons (Fsp3) is 0.235. The third-order valence-corrected chi connectivity index (χ3v) is 3.29. The number of nitrogens with one attached hydrogen (secondary N) is 2. The molecule has 7 heteroatoms. The van der Waals surface area contributed by atoms with Crippen molar-refractivity contribution in [3.63, 3.8) is 0 Å². The topological polar surface area (TPSA) is 50.4 Å². The maximum atomic E-state index is 12.5. The number of carbonyl (C=O) groups excluding carboxylic acids is 1. The third-order valence-electron chi connectivity index (χ3n) is 3.29. The lowest BCUT2D eigenvalue weighted by Gasteiger charge is -2.12. The van der Waals surface area contributed by atoms with E-state index in [2.05, 4.69) is 10.6 Å². The van der Waals surface area contributed by atoms with Crippen molar-refractivity contribution in [2.24, 2.45) is 0 Å². The van der Waals surface area contributed by atoms with E-state index in [1.807, 2.05) is 13.0 Å². The van der Waals surface area contributed by atoms with Gasteiger partial charge in [0.05, 0.1) is 24.9 Å². The normalized spacial score (nSPS) is 11.0. The van der Waals surface area contributed by atoms with Gasteiger partial charge in [-0.25, -0.2) is 0 Å². The van der Waals surface area contributed by atoms with Gasteiger partial charge in [0.15, 0.2) is 0 Å². The van der Waals surface area contributed by atoms with Gasteiger partial charge in [0, 0.05) is 5.69 Å². The highest BCUT2D eigenvalue weighted by Crippen LogP contribution is 2.29. The van der Waals surface area contributed by atoms with Crippen LogP contribution in [0.25, 0.3) is 0 Å². The number of amides is 1. The molecule has 0 saturated heterocycles. The van der Waals surface area contributed by atoms with Crippen molar-refractivity contribution in [3.05, 3.63) is 53.6 Å². The van der Waals surface area contributed by atoms with E-state index >= 15 is 0 Å². The van der Waals surface area contributed by atoms with Gasteiger partial charge >= 0.3 is 6.18 Å². The zero-order valence-corrected chi connectivity index (χ0v) is 13.2. The van der Waals surface area contributed by atoms with E-state index in [0.717, 1.165) is 17.7 Å². The van der Waals surface area contributed by atoms with E-state index in [4.69, 9.17) is 4.74 Å². The molecule has 0 atom stereocenters. The second kappa shape index (κ2) is 7.25. The molecular formula is C17H17F3N2O2.